The van der Waals surface area contributed by atoms with Gasteiger partial charge in [0.15, 0.2) is 5.78 Å². The van der Waals surface area contributed by atoms with E-state index in [4.69, 9.17) is 11.6 Å². The van der Waals surface area contributed by atoms with Crippen LogP contribution in [0.5, 0.6) is 0 Å². The monoisotopic (exact) mass is 592 g/mol. The predicted molar refractivity (Wildman–Crippen MR) is 151 cm³/mol. The lowest BCUT2D eigenvalue weighted by Crippen LogP contribution is -2.54. The Balaban J connectivity index is 1.84. The summed E-state index contributed by atoms with van der Waals surface area (Å²) in [6, 6.07) is 18.5. The molecule has 208 valence electrons. The first kappa shape index (κ1) is 28.1. The molecular formula is C30H22ClFN2O6S. The minimum absolute atomic E-state index is 0.131. The topological polar surface area (TPSA) is 118 Å². The predicted octanol–water partition coefficient (Wildman–Crippen LogP) is 6.77. The Morgan fingerprint density at radius 3 is 2.34 bits per heavy atom. The van der Waals surface area contributed by atoms with Crippen molar-refractivity contribution in [2.45, 2.75) is 24.4 Å². The van der Waals surface area contributed by atoms with Crippen molar-refractivity contribution >= 4 is 46.3 Å². The SMILES string of the molecule is CC1(C(=O)O)C(c2cccs2)C(C(=O)c2cccc(Cl)c2)C(c2cccc([N+](=O)[O-])c2)N1C(=O)c1cccc(F)c1. The van der Waals surface area contributed by atoms with E-state index in [-0.39, 0.29) is 27.4 Å². The number of carboxylic acid groups (broad SMARTS) is 1. The average molecular weight is 593 g/mol. The number of rotatable bonds is 7. The Morgan fingerprint density at radius 1 is 1.00 bits per heavy atom. The molecule has 1 amide bonds. The van der Waals surface area contributed by atoms with E-state index in [0.717, 1.165) is 17.0 Å². The zero-order valence-electron chi connectivity index (χ0n) is 21.4. The second-order valence-corrected chi connectivity index (χ2v) is 11.2. The van der Waals surface area contributed by atoms with Gasteiger partial charge in [-0.1, -0.05) is 48.0 Å². The van der Waals surface area contributed by atoms with E-state index in [2.05, 4.69) is 0 Å². The fourth-order valence-electron chi connectivity index (χ4n) is 5.70. The third-order valence-electron chi connectivity index (χ3n) is 7.49. The Morgan fingerprint density at radius 2 is 1.71 bits per heavy atom. The van der Waals surface area contributed by atoms with Gasteiger partial charge in [0.25, 0.3) is 11.6 Å². The molecule has 11 heteroatoms. The number of Topliss-reactive ketones (excluding diaryl/α,β-unsaturated/α-hetero) is 1. The molecule has 8 nitrogen and oxygen atoms in total. The van der Waals surface area contributed by atoms with Crippen molar-refractivity contribution in [3.63, 3.8) is 0 Å². The summed E-state index contributed by atoms with van der Waals surface area (Å²) in [7, 11) is 0. The molecule has 0 saturated carbocycles. The molecule has 1 saturated heterocycles. The van der Waals surface area contributed by atoms with Gasteiger partial charge in [-0.15, -0.1) is 11.3 Å². The quantitative estimate of drug-likeness (QED) is 0.144. The van der Waals surface area contributed by atoms with Crippen LogP contribution in [0.3, 0.4) is 0 Å². The number of ketones is 1. The number of nitro groups is 1. The van der Waals surface area contributed by atoms with Gasteiger partial charge in [0.1, 0.15) is 11.4 Å². The number of carbonyl (C=O) groups is 3. The van der Waals surface area contributed by atoms with Gasteiger partial charge < -0.3 is 10.0 Å². The zero-order valence-corrected chi connectivity index (χ0v) is 23.0. The Hall–Kier alpha value is -4.41. The smallest absolute Gasteiger partial charge is 0.330 e. The van der Waals surface area contributed by atoms with Crippen LogP contribution in [0.15, 0.2) is 90.3 Å². The van der Waals surface area contributed by atoms with Crippen LogP contribution in [0, 0.1) is 21.8 Å². The fraction of sp³-hybridized carbons (Fsp3) is 0.167. The molecule has 1 aromatic heterocycles. The Kier molecular flexibility index (Phi) is 7.46. The number of non-ortho nitro benzene ring substituents is 1. The molecule has 1 aliphatic rings. The van der Waals surface area contributed by atoms with Crippen LogP contribution in [0.4, 0.5) is 10.1 Å². The molecule has 2 heterocycles. The first-order valence-electron chi connectivity index (χ1n) is 12.4. The first-order chi connectivity index (χ1) is 19.5. The van der Waals surface area contributed by atoms with Crippen LogP contribution in [0.2, 0.25) is 5.02 Å². The number of likely N-dealkylation sites (tertiary alicyclic amines) is 1. The highest BCUT2D eigenvalue weighted by atomic mass is 35.5. The molecule has 1 N–H and O–H groups in total. The number of benzene rings is 3. The van der Waals surface area contributed by atoms with E-state index >= 15 is 0 Å². The van der Waals surface area contributed by atoms with Crippen molar-refractivity contribution in [3.8, 4) is 0 Å². The minimum Gasteiger partial charge on any atom is -0.479 e. The maximum Gasteiger partial charge on any atom is 0.330 e. The maximum absolute atomic E-state index is 14.4. The number of aliphatic carboxylic acids is 1. The first-order valence-corrected chi connectivity index (χ1v) is 13.7. The van der Waals surface area contributed by atoms with Crippen LogP contribution < -0.4 is 0 Å². The molecule has 0 spiro atoms. The molecule has 5 rings (SSSR count). The summed E-state index contributed by atoms with van der Waals surface area (Å²) in [5.74, 6) is -5.71. The van der Waals surface area contributed by atoms with Gasteiger partial charge in [-0.3, -0.25) is 19.7 Å². The van der Waals surface area contributed by atoms with E-state index < -0.39 is 51.8 Å². The lowest BCUT2D eigenvalue weighted by Gasteiger charge is -2.37. The number of carbonyl (C=O) groups excluding carboxylic acids is 2. The summed E-state index contributed by atoms with van der Waals surface area (Å²) >= 11 is 7.43. The lowest BCUT2D eigenvalue weighted by molar-refractivity contribution is -0.385. The third-order valence-corrected chi connectivity index (χ3v) is 8.68. The standard InChI is InChI=1S/C30H22ClFN2O6S/c1-30(29(37)38)25(23-12-5-13-41-23)24(27(35)18-7-2-9-20(31)14-18)26(17-6-4-11-22(16-17)34(39)40)33(30)28(36)19-8-3-10-21(32)15-19/h2-16,24-26H,1H3,(H,37,38). The molecule has 0 radical (unpaired) electrons. The van der Waals surface area contributed by atoms with E-state index in [1.807, 2.05) is 0 Å². The van der Waals surface area contributed by atoms with Crippen molar-refractivity contribution in [3.05, 3.63) is 133 Å². The van der Waals surface area contributed by atoms with Gasteiger partial charge in [-0.25, -0.2) is 9.18 Å². The Bertz CT molecular complexity index is 1680. The van der Waals surface area contributed by atoms with Crippen LogP contribution in [0.1, 0.15) is 50.0 Å². The molecule has 1 fully saturated rings. The van der Waals surface area contributed by atoms with Crippen molar-refractivity contribution in [2.75, 3.05) is 0 Å². The highest BCUT2D eigenvalue weighted by molar-refractivity contribution is 7.10. The second kappa shape index (κ2) is 10.9. The molecule has 0 bridgehead atoms. The number of thiophene rings is 1. The number of halogens is 2. The number of hydrogen-bond donors (Lipinski definition) is 1. The van der Waals surface area contributed by atoms with Crippen LogP contribution in [0.25, 0.3) is 0 Å². The summed E-state index contributed by atoms with van der Waals surface area (Å²) < 4.78 is 14.3. The summed E-state index contributed by atoms with van der Waals surface area (Å²) in [5, 5.41) is 24.5. The highest BCUT2D eigenvalue weighted by Crippen LogP contribution is 2.58. The molecule has 4 aromatic rings. The number of hydrogen-bond acceptors (Lipinski definition) is 6. The lowest BCUT2D eigenvalue weighted by atomic mass is 9.74. The molecule has 41 heavy (non-hydrogen) atoms. The maximum atomic E-state index is 14.4. The van der Waals surface area contributed by atoms with E-state index in [1.54, 1.807) is 35.7 Å². The van der Waals surface area contributed by atoms with E-state index in [0.29, 0.717) is 4.88 Å². The molecule has 1 aliphatic heterocycles. The van der Waals surface area contributed by atoms with E-state index in [9.17, 15) is 34.0 Å². The van der Waals surface area contributed by atoms with Crippen LogP contribution in [-0.4, -0.2) is 38.1 Å². The third kappa shape index (κ3) is 4.89. The number of nitrogens with zero attached hydrogens (tertiary/aromatic N) is 2. The number of amides is 1. The largest absolute Gasteiger partial charge is 0.479 e. The molecule has 3 aromatic carbocycles. The summed E-state index contributed by atoms with van der Waals surface area (Å²) in [4.78, 5) is 54.6. The minimum atomic E-state index is -2.03. The average Bonchev–Trinajstić information content (AvgIpc) is 3.57. The van der Waals surface area contributed by atoms with Crippen molar-refractivity contribution in [1.82, 2.24) is 4.90 Å². The number of carboxylic acids is 1. The molecule has 0 aliphatic carbocycles. The second-order valence-electron chi connectivity index (χ2n) is 9.83. The summed E-state index contributed by atoms with van der Waals surface area (Å²) in [5.41, 5.74) is -2.08. The van der Waals surface area contributed by atoms with Crippen molar-refractivity contribution in [2.24, 2.45) is 5.92 Å². The number of nitro benzene ring substituents is 1. The molecule has 4 unspecified atom stereocenters. The fourth-order valence-corrected chi connectivity index (χ4v) is 6.88. The van der Waals surface area contributed by atoms with Crippen LogP contribution >= 0.6 is 22.9 Å². The molecular weight excluding hydrogens is 571 g/mol. The van der Waals surface area contributed by atoms with Gasteiger partial charge in [-0.05, 0) is 54.3 Å². The van der Waals surface area contributed by atoms with Crippen LogP contribution in [-0.2, 0) is 4.79 Å². The van der Waals surface area contributed by atoms with Crippen molar-refractivity contribution < 1.29 is 28.8 Å². The zero-order chi connectivity index (χ0) is 29.5. The summed E-state index contributed by atoms with van der Waals surface area (Å²) in [6.45, 7) is 1.35. The molecule has 4 atom stereocenters. The van der Waals surface area contributed by atoms with Crippen molar-refractivity contribution in [1.29, 1.82) is 0 Å². The van der Waals surface area contributed by atoms with Gasteiger partial charge in [0, 0.05) is 39.1 Å². The normalized spacial score (nSPS) is 21.9. The Labute approximate surface area is 242 Å². The van der Waals surface area contributed by atoms with E-state index in [1.165, 1.54) is 60.7 Å². The summed E-state index contributed by atoms with van der Waals surface area (Å²) in [6.07, 6.45) is 0. The van der Waals surface area contributed by atoms with Gasteiger partial charge >= 0.3 is 5.97 Å². The van der Waals surface area contributed by atoms with Gasteiger partial charge in [-0.2, -0.15) is 0 Å². The van der Waals surface area contributed by atoms with Gasteiger partial charge in [0.2, 0.25) is 0 Å². The van der Waals surface area contributed by atoms with Gasteiger partial charge in [0.05, 0.1) is 16.9 Å². The highest BCUT2D eigenvalue weighted by Gasteiger charge is 2.65.